The molecule has 14 heavy (non-hydrogen) atoms. The van der Waals surface area contributed by atoms with Crippen LogP contribution in [0.3, 0.4) is 0 Å². The second kappa shape index (κ2) is 7.29. The fourth-order valence-corrected chi connectivity index (χ4v) is 8.05. The topological polar surface area (TPSA) is 74.6 Å². The summed E-state index contributed by atoms with van der Waals surface area (Å²) in [5, 5.41) is 17.0. The van der Waals surface area contributed by atoms with E-state index in [4.69, 9.17) is 10.2 Å². The molecule has 0 aliphatic rings. The zero-order chi connectivity index (χ0) is 11.1. The van der Waals surface area contributed by atoms with Gasteiger partial charge in [-0.2, -0.15) is 0 Å². The van der Waals surface area contributed by atoms with Gasteiger partial charge in [0.15, 0.2) is 0 Å². The Morgan fingerprint density at radius 3 is 1.50 bits per heavy atom. The number of aliphatic carboxylic acids is 2. The molecular weight excluding hydrogens is 318 g/mol. The Hall–Kier alpha value is -0.0210. The second-order valence-corrected chi connectivity index (χ2v) is 11.4. The molecule has 0 heterocycles. The maximum atomic E-state index is 10.4. The summed E-state index contributed by atoms with van der Waals surface area (Å²) in [6, 6.07) is 0. The van der Waals surface area contributed by atoms with E-state index in [2.05, 4.69) is 0 Å². The maximum absolute atomic E-state index is 10.4. The Morgan fingerprint density at radius 1 is 1.00 bits per heavy atom. The van der Waals surface area contributed by atoms with E-state index in [9.17, 15) is 9.59 Å². The molecule has 0 saturated heterocycles. The average molecular weight is 332 g/mol. The first-order chi connectivity index (χ1) is 6.41. The van der Waals surface area contributed by atoms with Crippen LogP contribution in [0.2, 0.25) is 9.63 Å². The third-order valence-corrected chi connectivity index (χ3v) is 12.0. The van der Waals surface area contributed by atoms with Gasteiger partial charge in [0.1, 0.15) is 0 Å². The summed E-state index contributed by atoms with van der Waals surface area (Å²) in [7, 11) is 0. The molecule has 2 N–H and O–H groups in total. The molecule has 0 aliphatic carbocycles. The van der Waals surface area contributed by atoms with Gasteiger partial charge < -0.3 is 0 Å². The van der Waals surface area contributed by atoms with Crippen LogP contribution in [0.4, 0.5) is 0 Å². The van der Waals surface area contributed by atoms with Crippen LogP contribution in [-0.2, 0) is 9.59 Å². The van der Waals surface area contributed by atoms with Gasteiger partial charge in [0.05, 0.1) is 0 Å². The van der Waals surface area contributed by atoms with Crippen molar-refractivity contribution in [3.05, 3.63) is 0 Å². The molecule has 0 amide bonds. The monoisotopic (exact) mass is 334 g/mol. The number of rotatable bonds is 7. The van der Waals surface area contributed by atoms with Gasteiger partial charge in [-0.3, -0.25) is 0 Å². The molecule has 0 fully saturated rings. The standard InChI is InChI=1S/C8H14O4Se2/c1-5(3-7(9)10)13-14-6(2)4-8(11)12/h5-6H,3-4H2,1-2H3,(H,9,10)(H,11,12). The van der Waals surface area contributed by atoms with Gasteiger partial charge >= 0.3 is 94.3 Å². The van der Waals surface area contributed by atoms with Crippen molar-refractivity contribution >= 4 is 38.2 Å². The van der Waals surface area contributed by atoms with Crippen molar-refractivity contribution in [2.45, 2.75) is 36.3 Å². The summed E-state index contributed by atoms with van der Waals surface area (Å²) in [5.41, 5.74) is 0. The van der Waals surface area contributed by atoms with Gasteiger partial charge in [-0.15, -0.1) is 0 Å². The Labute approximate surface area is 94.3 Å². The predicted octanol–water partition coefficient (Wildman–Crippen LogP) is 0.876. The first kappa shape index (κ1) is 14.0. The first-order valence-corrected chi connectivity index (χ1v) is 10.5. The molecule has 82 valence electrons. The molecule has 0 aromatic heterocycles. The van der Waals surface area contributed by atoms with E-state index in [0.29, 0.717) is 26.3 Å². The predicted molar refractivity (Wildman–Crippen MR) is 54.9 cm³/mol. The average Bonchev–Trinajstić information content (AvgIpc) is 1.98. The van der Waals surface area contributed by atoms with E-state index in [1.807, 2.05) is 13.8 Å². The van der Waals surface area contributed by atoms with Gasteiger partial charge in [0.2, 0.25) is 0 Å². The molecule has 0 aromatic carbocycles. The van der Waals surface area contributed by atoms with Gasteiger partial charge in [0, 0.05) is 0 Å². The number of carboxylic acid groups (broad SMARTS) is 2. The molecule has 0 rings (SSSR count). The molecule has 0 saturated carbocycles. The van der Waals surface area contributed by atoms with E-state index in [-0.39, 0.29) is 22.5 Å². The van der Waals surface area contributed by atoms with Gasteiger partial charge in [-0.25, -0.2) is 0 Å². The van der Waals surface area contributed by atoms with E-state index in [1.54, 1.807) is 0 Å². The molecule has 0 radical (unpaired) electrons. The van der Waals surface area contributed by atoms with Crippen LogP contribution in [0.5, 0.6) is 0 Å². The zero-order valence-corrected chi connectivity index (χ0v) is 11.5. The quantitative estimate of drug-likeness (QED) is 0.679. The second-order valence-electron chi connectivity index (χ2n) is 3.01. The van der Waals surface area contributed by atoms with Crippen molar-refractivity contribution in [2.24, 2.45) is 0 Å². The molecule has 4 nitrogen and oxygen atoms in total. The Bertz CT molecular complexity index is 186. The fourth-order valence-electron chi connectivity index (χ4n) is 0.750. The third kappa shape index (κ3) is 8.57. The van der Waals surface area contributed by atoms with Crippen LogP contribution in [-0.4, -0.2) is 48.4 Å². The summed E-state index contributed by atoms with van der Waals surface area (Å²) in [6.45, 7) is 3.84. The summed E-state index contributed by atoms with van der Waals surface area (Å²) < 4.78 is 0. The normalized spacial score (nSPS) is 14.7. The molecular formula is C8H14O4Se2. The van der Waals surface area contributed by atoms with Crippen LogP contribution in [0, 0.1) is 0 Å². The minimum atomic E-state index is -0.763. The van der Waals surface area contributed by atoms with Gasteiger partial charge in [0.25, 0.3) is 0 Å². The van der Waals surface area contributed by atoms with E-state index < -0.39 is 11.9 Å². The van der Waals surface area contributed by atoms with Gasteiger partial charge in [-0.1, -0.05) is 0 Å². The summed E-state index contributed by atoms with van der Waals surface area (Å²) in [4.78, 5) is 21.1. The third-order valence-electron chi connectivity index (χ3n) is 1.31. The molecule has 0 aromatic rings. The molecule has 2 atom stereocenters. The Balaban J connectivity index is 3.60. The number of hydrogen-bond acceptors (Lipinski definition) is 2. The summed E-state index contributed by atoms with van der Waals surface area (Å²) >= 11 is 0.584. The molecule has 0 bridgehead atoms. The van der Waals surface area contributed by atoms with E-state index in [1.165, 1.54) is 0 Å². The summed E-state index contributed by atoms with van der Waals surface area (Å²) in [5.74, 6) is -1.53. The van der Waals surface area contributed by atoms with Crippen molar-refractivity contribution < 1.29 is 19.8 Å². The van der Waals surface area contributed by atoms with Crippen LogP contribution in [0.1, 0.15) is 26.7 Å². The van der Waals surface area contributed by atoms with E-state index >= 15 is 0 Å². The molecule has 0 aliphatic heterocycles. The fraction of sp³-hybridized carbons (Fsp3) is 0.750. The SMILES string of the molecule is CC(CC(=O)O)[Se][Se]C(C)CC(=O)O. The van der Waals surface area contributed by atoms with Crippen molar-refractivity contribution in [1.82, 2.24) is 0 Å². The van der Waals surface area contributed by atoms with Crippen LogP contribution >= 0.6 is 0 Å². The number of carboxylic acids is 2. The summed E-state index contributed by atoms with van der Waals surface area (Å²) in [6.07, 6.45) is 0.420. The van der Waals surface area contributed by atoms with Crippen molar-refractivity contribution in [3.63, 3.8) is 0 Å². The number of carbonyl (C=O) groups is 2. The minimum absolute atomic E-state index is 0.210. The van der Waals surface area contributed by atoms with Crippen molar-refractivity contribution in [3.8, 4) is 0 Å². The van der Waals surface area contributed by atoms with Crippen LogP contribution in [0.25, 0.3) is 0 Å². The first-order valence-electron chi connectivity index (χ1n) is 4.17. The number of hydrogen-bond donors (Lipinski definition) is 2. The Morgan fingerprint density at radius 2 is 1.29 bits per heavy atom. The Kier molecular flexibility index (Phi) is 7.28. The van der Waals surface area contributed by atoms with Crippen LogP contribution < -0.4 is 0 Å². The zero-order valence-electron chi connectivity index (χ0n) is 8.10. The van der Waals surface area contributed by atoms with Crippen molar-refractivity contribution in [2.75, 3.05) is 0 Å². The molecule has 6 heteroatoms. The molecule has 0 spiro atoms. The van der Waals surface area contributed by atoms with Crippen molar-refractivity contribution in [1.29, 1.82) is 0 Å². The van der Waals surface area contributed by atoms with Crippen LogP contribution in [0.15, 0.2) is 0 Å². The van der Waals surface area contributed by atoms with Gasteiger partial charge in [-0.05, 0) is 0 Å². The molecule has 2 unspecified atom stereocenters. The van der Waals surface area contributed by atoms with E-state index in [0.717, 1.165) is 0 Å².